The molecule has 0 aromatic carbocycles. The topological polar surface area (TPSA) is 42.0 Å². The Morgan fingerprint density at radius 3 is 1.20 bits per heavy atom. The molecule has 0 bridgehead atoms. The maximum atomic E-state index is 13.0. The number of ether oxygens (including phenoxy) is 2. The second kappa shape index (κ2) is 50.7. The van der Waals surface area contributed by atoms with E-state index in [0.29, 0.717) is 26.4 Å². The van der Waals surface area contributed by atoms with Crippen molar-refractivity contribution in [2.45, 2.75) is 233 Å². The van der Waals surface area contributed by atoms with Crippen LogP contribution in [0.2, 0.25) is 0 Å². The molecule has 0 amide bonds. The van der Waals surface area contributed by atoms with Crippen LogP contribution in [0, 0.1) is 0 Å². The first kappa shape index (κ1) is 57.3. The molecule has 0 N–H and O–H groups in total. The van der Waals surface area contributed by atoms with E-state index in [1.165, 1.54) is 186 Å². The van der Waals surface area contributed by atoms with Crippen LogP contribution in [0.4, 0.5) is 0 Å². The molecule has 0 aromatic heterocycles. The van der Waals surface area contributed by atoms with E-state index in [9.17, 15) is 4.79 Å². The van der Waals surface area contributed by atoms with Gasteiger partial charge in [0.1, 0.15) is 6.61 Å². The molecule has 0 unspecified atom stereocenters. The van der Waals surface area contributed by atoms with Crippen LogP contribution in [0.3, 0.4) is 0 Å². The minimum Gasteiger partial charge on any atom is -0.462 e. The molecule has 59 heavy (non-hydrogen) atoms. The van der Waals surface area contributed by atoms with Gasteiger partial charge in [0.25, 0.3) is 0 Å². The van der Waals surface area contributed by atoms with E-state index in [1.807, 2.05) is 0 Å². The third-order valence-corrected chi connectivity index (χ3v) is 11.4. The van der Waals surface area contributed by atoms with Crippen LogP contribution in [0.1, 0.15) is 233 Å². The maximum absolute atomic E-state index is 13.0. The van der Waals surface area contributed by atoms with E-state index in [1.54, 1.807) is 0 Å². The van der Waals surface area contributed by atoms with Gasteiger partial charge in [0, 0.05) is 19.6 Å². The van der Waals surface area contributed by atoms with Crippen LogP contribution in [0.15, 0.2) is 48.6 Å². The van der Waals surface area contributed by atoms with Crippen molar-refractivity contribution in [3.05, 3.63) is 48.6 Å². The van der Waals surface area contributed by atoms with E-state index in [2.05, 4.69) is 86.1 Å². The number of hydrogen-bond donors (Lipinski definition) is 0. The van der Waals surface area contributed by atoms with E-state index in [0.717, 1.165) is 52.0 Å². The fourth-order valence-corrected chi connectivity index (χ4v) is 7.50. The lowest BCUT2D eigenvalue weighted by Gasteiger charge is -2.22. The molecule has 0 fully saturated rings. The summed E-state index contributed by atoms with van der Waals surface area (Å²) in [6, 6.07) is 0. The van der Waals surface area contributed by atoms with Gasteiger partial charge < -0.3 is 14.4 Å². The van der Waals surface area contributed by atoms with Crippen LogP contribution in [-0.4, -0.2) is 74.9 Å². The van der Waals surface area contributed by atoms with Crippen molar-refractivity contribution in [1.82, 2.24) is 9.80 Å². The minimum atomic E-state index is -0.0983. The fraction of sp³-hybridized carbons (Fsp3) is 0.833. The number of carbonyl (C=O) groups excluding carboxylic acids is 1. The normalized spacial score (nSPS) is 12.3. The van der Waals surface area contributed by atoms with Crippen LogP contribution >= 0.6 is 0 Å². The lowest BCUT2D eigenvalue weighted by atomic mass is 10.1. The third-order valence-electron chi connectivity index (χ3n) is 11.4. The molecule has 0 rings (SSSR count). The Balaban J connectivity index is 4.54. The summed E-state index contributed by atoms with van der Waals surface area (Å²) in [5.41, 5.74) is 0. The van der Waals surface area contributed by atoms with Crippen molar-refractivity contribution in [3.8, 4) is 0 Å². The molecule has 0 heterocycles. The molecule has 0 atom stereocenters. The van der Waals surface area contributed by atoms with Gasteiger partial charge in [-0.15, -0.1) is 0 Å². The number of rotatable bonds is 48. The Morgan fingerprint density at radius 1 is 0.356 bits per heavy atom. The van der Waals surface area contributed by atoms with E-state index >= 15 is 0 Å². The number of allylic oxidation sites excluding steroid dienone is 6. The number of carbonyl (C=O) groups is 1. The summed E-state index contributed by atoms with van der Waals surface area (Å²) in [6.07, 6.45) is 59.7. The van der Waals surface area contributed by atoms with Gasteiger partial charge in [0.2, 0.25) is 0 Å². The van der Waals surface area contributed by atoms with Crippen molar-refractivity contribution in [3.63, 3.8) is 0 Å². The molecule has 0 radical (unpaired) electrons. The zero-order valence-corrected chi connectivity index (χ0v) is 40.2. The summed E-state index contributed by atoms with van der Waals surface area (Å²) in [5.74, 6) is -0.0983. The second-order valence-electron chi connectivity index (χ2n) is 17.2. The van der Waals surface area contributed by atoms with E-state index < -0.39 is 0 Å². The highest BCUT2D eigenvalue weighted by Crippen LogP contribution is 2.13. The quantitative estimate of drug-likeness (QED) is 0.0347. The standard InChI is InChI=1S/C54H102N2O3/c1-5-9-13-17-21-23-25-26-27-28-29-30-32-36-40-44-48-56(47-43-39-35-31-24-22-18-14-10-6-2)53-54(57)59-52-51-58-50-49-55(45-41-37-33-19-15-11-7-3)46-42-38-34-20-16-12-8-4/h21,23,26-27,33-34,37-38H,5-20,22,24-25,28-32,35-36,39-53H2,1-4H3/b23-21-,27-26-,37-33-,38-34-. The number of hydrogen-bond acceptors (Lipinski definition) is 5. The SMILES string of the molecule is CCCCC/C=C\C/C=C\CCCCCCCCN(CCCCCCCCCCCC)CC(=O)OCCOCCN(CC/C=C\CCCCC)CC/C=C\CCCCC. The Bertz CT molecular complexity index is 920. The van der Waals surface area contributed by atoms with Crippen molar-refractivity contribution < 1.29 is 14.3 Å². The Kier molecular flexibility index (Phi) is 49.2. The van der Waals surface area contributed by atoms with Gasteiger partial charge in [-0.25, -0.2) is 0 Å². The van der Waals surface area contributed by atoms with Crippen LogP contribution < -0.4 is 0 Å². The van der Waals surface area contributed by atoms with Gasteiger partial charge in [-0.1, -0.05) is 198 Å². The summed E-state index contributed by atoms with van der Waals surface area (Å²) in [7, 11) is 0. The zero-order chi connectivity index (χ0) is 42.8. The predicted molar refractivity (Wildman–Crippen MR) is 262 cm³/mol. The van der Waals surface area contributed by atoms with Crippen molar-refractivity contribution >= 4 is 5.97 Å². The lowest BCUT2D eigenvalue weighted by Crippen LogP contribution is -2.33. The Labute approximate surface area is 369 Å². The van der Waals surface area contributed by atoms with Crippen LogP contribution in [-0.2, 0) is 14.3 Å². The number of unbranched alkanes of at least 4 members (excludes halogenated alkanes) is 24. The summed E-state index contributed by atoms with van der Waals surface area (Å²) in [6.45, 7) is 16.0. The largest absolute Gasteiger partial charge is 0.462 e. The fourth-order valence-electron chi connectivity index (χ4n) is 7.50. The van der Waals surface area contributed by atoms with Gasteiger partial charge in [0.05, 0.1) is 19.8 Å². The first-order valence-electron chi connectivity index (χ1n) is 26.0. The summed E-state index contributed by atoms with van der Waals surface area (Å²) in [5, 5.41) is 0. The van der Waals surface area contributed by atoms with Gasteiger partial charge >= 0.3 is 5.97 Å². The molecule has 0 saturated carbocycles. The predicted octanol–water partition coefficient (Wildman–Crippen LogP) is 15.9. The first-order valence-corrected chi connectivity index (χ1v) is 26.0. The Morgan fingerprint density at radius 2 is 0.729 bits per heavy atom. The molecule has 0 saturated heterocycles. The average Bonchev–Trinajstić information content (AvgIpc) is 3.24. The van der Waals surface area contributed by atoms with Gasteiger partial charge in [-0.05, 0) is 96.6 Å². The molecule has 5 heteroatoms. The molecule has 346 valence electrons. The lowest BCUT2D eigenvalue weighted by molar-refractivity contribution is -0.146. The highest BCUT2D eigenvalue weighted by molar-refractivity contribution is 5.71. The van der Waals surface area contributed by atoms with Crippen LogP contribution in [0.25, 0.3) is 0 Å². The Hall–Kier alpha value is -1.69. The zero-order valence-electron chi connectivity index (χ0n) is 40.2. The number of esters is 1. The molecular weight excluding hydrogens is 725 g/mol. The van der Waals surface area contributed by atoms with E-state index in [4.69, 9.17) is 9.47 Å². The highest BCUT2D eigenvalue weighted by atomic mass is 16.6. The van der Waals surface area contributed by atoms with E-state index in [-0.39, 0.29) is 5.97 Å². The summed E-state index contributed by atoms with van der Waals surface area (Å²) < 4.78 is 11.7. The summed E-state index contributed by atoms with van der Waals surface area (Å²) >= 11 is 0. The van der Waals surface area contributed by atoms with Gasteiger partial charge in [-0.3, -0.25) is 9.69 Å². The molecular formula is C54H102N2O3. The monoisotopic (exact) mass is 827 g/mol. The molecule has 0 aliphatic carbocycles. The van der Waals surface area contributed by atoms with Crippen molar-refractivity contribution in [2.75, 3.05) is 59.1 Å². The van der Waals surface area contributed by atoms with Crippen LogP contribution in [0.5, 0.6) is 0 Å². The highest BCUT2D eigenvalue weighted by Gasteiger charge is 2.12. The smallest absolute Gasteiger partial charge is 0.320 e. The van der Waals surface area contributed by atoms with Gasteiger partial charge in [-0.2, -0.15) is 0 Å². The third kappa shape index (κ3) is 47.2. The molecule has 0 aliphatic rings. The molecule has 0 aromatic rings. The average molecular weight is 827 g/mol. The van der Waals surface area contributed by atoms with Gasteiger partial charge in [0.15, 0.2) is 0 Å². The maximum Gasteiger partial charge on any atom is 0.320 e. The minimum absolute atomic E-state index is 0.0983. The van der Waals surface area contributed by atoms with Crippen molar-refractivity contribution in [2.24, 2.45) is 0 Å². The molecule has 5 nitrogen and oxygen atoms in total. The first-order chi connectivity index (χ1) is 29.2. The summed E-state index contributed by atoms with van der Waals surface area (Å²) in [4.78, 5) is 17.9. The number of nitrogens with zero attached hydrogens (tertiary/aromatic N) is 2. The van der Waals surface area contributed by atoms with Crippen molar-refractivity contribution in [1.29, 1.82) is 0 Å². The molecule has 0 aliphatic heterocycles. The molecule has 0 spiro atoms. The second-order valence-corrected chi connectivity index (χ2v) is 17.2.